The lowest BCUT2D eigenvalue weighted by Gasteiger charge is -2.15. The van der Waals surface area contributed by atoms with Crippen molar-refractivity contribution in [1.82, 2.24) is 0 Å². The van der Waals surface area contributed by atoms with Crippen molar-refractivity contribution in [2.75, 3.05) is 13.2 Å². The van der Waals surface area contributed by atoms with Gasteiger partial charge in [-0.1, -0.05) is 30.3 Å². The molecule has 3 heteroatoms. The highest BCUT2D eigenvalue weighted by Gasteiger charge is 2.17. The van der Waals surface area contributed by atoms with E-state index >= 15 is 0 Å². The van der Waals surface area contributed by atoms with Crippen LogP contribution in [0.15, 0.2) is 54.9 Å². The highest BCUT2D eigenvalue weighted by atomic mass is 16.3. The van der Waals surface area contributed by atoms with Gasteiger partial charge in [-0.25, -0.2) is 4.98 Å². The Morgan fingerprint density at radius 3 is 2.33 bits per heavy atom. The molecule has 0 aliphatic heterocycles. The largest absolute Gasteiger partial charge is 0.396 e. The topological polar surface area (TPSA) is 51.0 Å². The minimum atomic E-state index is 0.251. The van der Waals surface area contributed by atoms with Crippen LogP contribution in [-0.4, -0.2) is 18.3 Å². The van der Waals surface area contributed by atoms with Crippen molar-refractivity contribution in [2.45, 2.75) is 12.5 Å². The first-order chi connectivity index (χ1) is 8.92. The Labute approximate surface area is 108 Å². The van der Waals surface area contributed by atoms with Crippen LogP contribution in [0.1, 0.15) is 23.6 Å². The van der Waals surface area contributed by atoms with E-state index in [1.807, 2.05) is 18.5 Å². The molecule has 3 nitrogen and oxygen atoms in total. The van der Waals surface area contributed by atoms with Crippen molar-refractivity contribution in [3.8, 4) is 0 Å². The molecule has 1 heterocycles. The lowest BCUT2D eigenvalue weighted by Crippen LogP contribution is -2.85. The molecule has 1 aromatic heterocycles. The summed E-state index contributed by atoms with van der Waals surface area (Å²) in [5, 5.41) is 11.2. The van der Waals surface area contributed by atoms with Crippen molar-refractivity contribution < 1.29 is 15.4 Å². The Morgan fingerprint density at radius 2 is 1.67 bits per heavy atom. The number of quaternary nitrogens is 1. The number of aromatic amines is 1. The van der Waals surface area contributed by atoms with Gasteiger partial charge in [0.05, 0.1) is 6.54 Å². The van der Waals surface area contributed by atoms with Crippen LogP contribution in [0.5, 0.6) is 0 Å². The fourth-order valence-electron chi connectivity index (χ4n) is 2.11. The van der Waals surface area contributed by atoms with E-state index in [9.17, 15) is 0 Å². The number of nitrogens with two attached hydrogens (primary N) is 1. The highest BCUT2D eigenvalue weighted by molar-refractivity contribution is 5.27. The van der Waals surface area contributed by atoms with Crippen LogP contribution in [0.25, 0.3) is 0 Å². The Balaban J connectivity index is 2.18. The SMILES string of the molecule is OCCC[NH2+]C(c1ccccc1)c1cc[nH+]cc1. The molecule has 4 N–H and O–H groups in total. The maximum atomic E-state index is 8.90. The van der Waals surface area contributed by atoms with Crippen molar-refractivity contribution in [2.24, 2.45) is 0 Å². The standard InChI is InChI=1S/C15H18N2O/c18-12-4-9-17-15(13-5-2-1-3-6-13)14-7-10-16-11-8-14/h1-3,5-8,10-11,15,17-18H,4,9,12H2/p+2. The van der Waals surface area contributed by atoms with Crippen LogP contribution in [0, 0.1) is 0 Å². The van der Waals surface area contributed by atoms with E-state index < -0.39 is 0 Å². The van der Waals surface area contributed by atoms with Crippen LogP contribution >= 0.6 is 0 Å². The number of aromatic nitrogens is 1. The predicted octanol–water partition coefficient (Wildman–Crippen LogP) is 0.536. The van der Waals surface area contributed by atoms with Gasteiger partial charge in [-0.3, -0.25) is 0 Å². The Kier molecular flexibility index (Phi) is 4.88. The first-order valence-corrected chi connectivity index (χ1v) is 6.37. The van der Waals surface area contributed by atoms with Gasteiger partial charge >= 0.3 is 0 Å². The normalized spacial score (nSPS) is 12.3. The van der Waals surface area contributed by atoms with Crippen LogP contribution in [0.3, 0.4) is 0 Å². The van der Waals surface area contributed by atoms with Gasteiger partial charge in [-0.05, 0) is 0 Å². The molecule has 2 rings (SSSR count). The quantitative estimate of drug-likeness (QED) is 0.716. The molecule has 0 saturated carbocycles. The summed E-state index contributed by atoms with van der Waals surface area (Å²) < 4.78 is 0. The smallest absolute Gasteiger partial charge is 0.167 e. The Hall–Kier alpha value is -1.71. The summed E-state index contributed by atoms with van der Waals surface area (Å²) in [6, 6.07) is 15.0. The third-order valence-electron chi connectivity index (χ3n) is 3.03. The fourth-order valence-corrected chi connectivity index (χ4v) is 2.11. The molecule has 1 unspecified atom stereocenters. The number of aliphatic hydroxyl groups is 1. The van der Waals surface area contributed by atoms with E-state index in [4.69, 9.17) is 5.11 Å². The zero-order valence-corrected chi connectivity index (χ0v) is 10.4. The number of rotatable bonds is 6. The molecule has 1 aromatic carbocycles. The van der Waals surface area contributed by atoms with E-state index in [0.717, 1.165) is 13.0 Å². The second kappa shape index (κ2) is 6.89. The number of hydrogen-bond donors (Lipinski definition) is 2. The average molecular weight is 244 g/mol. The van der Waals surface area contributed by atoms with Crippen molar-refractivity contribution >= 4 is 0 Å². The molecule has 0 radical (unpaired) electrons. The average Bonchev–Trinajstić information content (AvgIpc) is 2.46. The molecule has 2 aromatic rings. The van der Waals surface area contributed by atoms with Crippen molar-refractivity contribution in [1.29, 1.82) is 0 Å². The molecule has 1 atom stereocenters. The van der Waals surface area contributed by atoms with E-state index in [2.05, 4.69) is 46.7 Å². The van der Waals surface area contributed by atoms with Gasteiger partial charge in [-0.2, -0.15) is 0 Å². The van der Waals surface area contributed by atoms with E-state index in [1.165, 1.54) is 11.1 Å². The van der Waals surface area contributed by atoms with Crippen LogP contribution < -0.4 is 10.3 Å². The summed E-state index contributed by atoms with van der Waals surface area (Å²) in [7, 11) is 0. The van der Waals surface area contributed by atoms with Gasteiger partial charge in [0.1, 0.15) is 6.04 Å². The minimum Gasteiger partial charge on any atom is -0.396 e. The van der Waals surface area contributed by atoms with Gasteiger partial charge in [0.15, 0.2) is 12.4 Å². The number of nitrogens with one attached hydrogen (secondary N) is 1. The summed E-state index contributed by atoms with van der Waals surface area (Å²) in [4.78, 5) is 3.05. The first kappa shape index (κ1) is 12.7. The molecule has 0 amide bonds. The molecule has 0 aliphatic rings. The lowest BCUT2D eigenvalue weighted by atomic mass is 9.99. The van der Waals surface area contributed by atoms with E-state index in [-0.39, 0.29) is 6.61 Å². The van der Waals surface area contributed by atoms with Gasteiger partial charge in [-0.15, -0.1) is 0 Å². The third kappa shape index (κ3) is 3.39. The van der Waals surface area contributed by atoms with E-state index in [1.54, 1.807) is 0 Å². The lowest BCUT2D eigenvalue weighted by molar-refractivity contribution is -0.687. The second-order valence-electron chi connectivity index (χ2n) is 4.32. The fraction of sp³-hybridized carbons (Fsp3) is 0.267. The predicted molar refractivity (Wildman–Crippen MR) is 69.8 cm³/mol. The maximum absolute atomic E-state index is 8.90. The van der Waals surface area contributed by atoms with E-state index in [0.29, 0.717) is 6.04 Å². The first-order valence-electron chi connectivity index (χ1n) is 6.37. The van der Waals surface area contributed by atoms with Gasteiger partial charge in [0, 0.05) is 36.3 Å². The van der Waals surface area contributed by atoms with Crippen molar-refractivity contribution in [3.63, 3.8) is 0 Å². The molecule has 0 fully saturated rings. The minimum absolute atomic E-state index is 0.251. The Bertz CT molecular complexity index is 405. The third-order valence-corrected chi connectivity index (χ3v) is 3.03. The number of aliphatic hydroxyl groups excluding tert-OH is 1. The molecule has 0 saturated heterocycles. The van der Waals surface area contributed by atoms with Gasteiger partial charge in [0.2, 0.25) is 0 Å². The summed E-state index contributed by atoms with van der Waals surface area (Å²) >= 11 is 0. The maximum Gasteiger partial charge on any atom is 0.167 e. The van der Waals surface area contributed by atoms with Crippen molar-refractivity contribution in [3.05, 3.63) is 66.0 Å². The molecule has 0 spiro atoms. The summed E-state index contributed by atoms with van der Waals surface area (Å²) in [5.41, 5.74) is 2.57. The van der Waals surface area contributed by atoms with Crippen LogP contribution in [-0.2, 0) is 0 Å². The zero-order valence-electron chi connectivity index (χ0n) is 10.4. The highest BCUT2D eigenvalue weighted by Crippen LogP contribution is 2.16. The molecule has 0 aliphatic carbocycles. The molecule has 18 heavy (non-hydrogen) atoms. The summed E-state index contributed by atoms with van der Waals surface area (Å²) in [6.45, 7) is 1.18. The number of hydrogen-bond acceptors (Lipinski definition) is 1. The second-order valence-corrected chi connectivity index (χ2v) is 4.32. The summed E-state index contributed by atoms with van der Waals surface area (Å²) in [6.07, 6.45) is 4.72. The van der Waals surface area contributed by atoms with Gasteiger partial charge in [0.25, 0.3) is 0 Å². The number of H-pyrrole nitrogens is 1. The molecule has 0 bridgehead atoms. The van der Waals surface area contributed by atoms with Crippen LogP contribution in [0.4, 0.5) is 0 Å². The molecular weight excluding hydrogens is 224 g/mol. The monoisotopic (exact) mass is 244 g/mol. The number of benzene rings is 1. The Morgan fingerprint density at radius 1 is 1.00 bits per heavy atom. The summed E-state index contributed by atoms with van der Waals surface area (Å²) in [5.74, 6) is 0. The number of pyridine rings is 1. The molecule has 94 valence electrons. The van der Waals surface area contributed by atoms with Gasteiger partial charge < -0.3 is 10.4 Å². The van der Waals surface area contributed by atoms with Crippen LogP contribution in [0.2, 0.25) is 0 Å². The zero-order chi connectivity index (χ0) is 12.6. The molecular formula is C15H20N2O+2.